The molecule has 1 amide bonds. The Labute approximate surface area is 207 Å². The first kappa shape index (κ1) is 25.1. The zero-order chi connectivity index (χ0) is 24.5. The van der Waals surface area contributed by atoms with Crippen molar-refractivity contribution in [2.75, 3.05) is 7.11 Å². The third kappa shape index (κ3) is 7.22. The molecular weight excluding hydrogens is 498 g/mol. The van der Waals surface area contributed by atoms with Crippen molar-refractivity contribution in [1.82, 2.24) is 5.32 Å². The minimum atomic E-state index is -1.09. The molecule has 0 heterocycles. The van der Waals surface area contributed by atoms with Crippen LogP contribution in [0.2, 0.25) is 0 Å². The van der Waals surface area contributed by atoms with Crippen LogP contribution in [-0.2, 0) is 22.6 Å². The number of rotatable bonds is 10. The molecule has 176 valence electrons. The molecule has 34 heavy (non-hydrogen) atoms. The number of amides is 1. The molecule has 0 fully saturated rings. The van der Waals surface area contributed by atoms with E-state index in [1.165, 1.54) is 6.08 Å². The van der Waals surface area contributed by atoms with Gasteiger partial charge in [0.1, 0.15) is 12.6 Å². The Morgan fingerprint density at radius 2 is 1.79 bits per heavy atom. The highest BCUT2D eigenvalue weighted by Gasteiger charge is 2.19. The van der Waals surface area contributed by atoms with E-state index < -0.39 is 17.9 Å². The first-order chi connectivity index (χ1) is 16.4. The summed E-state index contributed by atoms with van der Waals surface area (Å²) in [4.78, 5) is 24.0. The Balaban J connectivity index is 1.67. The van der Waals surface area contributed by atoms with Gasteiger partial charge in [-0.1, -0.05) is 60.2 Å². The van der Waals surface area contributed by atoms with Crippen LogP contribution in [0.4, 0.5) is 0 Å². The number of carbonyl (C=O) groups excluding carboxylic acids is 1. The summed E-state index contributed by atoms with van der Waals surface area (Å²) in [5.41, 5.74) is 3.71. The Kier molecular flexibility index (Phi) is 8.87. The number of carboxylic acid groups (broad SMARTS) is 1. The van der Waals surface area contributed by atoms with Crippen LogP contribution in [0.1, 0.15) is 22.3 Å². The number of aliphatic carboxylic acids is 1. The van der Waals surface area contributed by atoms with Crippen LogP contribution in [-0.4, -0.2) is 30.1 Å². The highest BCUT2D eigenvalue weighted by atomic mass is 79.9. The van der Waals surface area contributed by atoms with Crippen LogP contribution in [0.15, 0.2) is 77.3 Å². The van der Waals surface area contributed by atoms with Crippen molar-refractivity contribution in [2.24, 2.45) is 0 Å². The van der Waals surface area contributed by atoms with Gasteiger partial charge in [0, 0.05) is 12.5 Å². The van der Waals surface area contributed by atoms with Crippen LogP contribution in [0, 0.1) is 6.92 Å². The highest BCUT2D eigenvalue weighted by Crippen LogP contribution is 2.37. The van der Waals surface area contributed by atoms with Gasteiger partial charge in [-0.2, -0.15) is 0 Å². The lowest BCUT2D eigenvalue weighted by Crippen LogP contribution is -2.41. The summed E-state index contributed by atoms with van der Waals surface area (Å²) < 4.78 is 12.1. The minimum absolute atomic E-state index is 0.197. The first-order valence-corrected chi connectivity index (χ1v) is 11.5. The monoisotopic (exact) mass is 523 g/mol. The molecule has 1 atom stereocenters. The molecule has 0 aliphatic carbocycles. The maximum atomic E-state index is 12.4. The van der Waals surface area contributed by atoms with Crippen LogP contribution in [0.25, 0.3) is 6.08 Å². The standard InChI is InChI=1S/C27H26BrNO5/c1-18-7-6-10-21(13-18)17-34-26-22(28)14-20(16-24(26)33-2)11-12-25(30)29-23(27(31)32)15-19-8-4-3-5-9-19/h3-14,16,23H,15,17H2,1-2H3,(H,29,30)(H,31,32)/b12-11+/t23-/m1/s1. The third-order valence-corrected chi connectivity index (χ3v) is 5.63. The molecule has 0 aliphatic rings. The maximum Gasteiger partial charge on any atom is 0.326 e. The molecule has 0 aromatic heterocycles. The van der Waals surface area contributed by atoms with Crippen LogP contribution >= 0.6 is 15.9 Å². The number of hydrogen-bond donors (Lipinski definition) is 2. The van der Waals surface area contributed by atoms with E-state index in [9.17, 15) is 14.7 Å². The molecule has 0 saturated heterocycles. The van der Waals surface area contributed by atoms with E-state index in [1.807, 2.05) is 55.5 Å². The number of nitrogens with one attached hydrogen (secondary N) is 1. The lowest BCUT2D eigenvalue weighted by atomic mass is 10.1. The fraction of sp³-hybridized carbons (Fsp3) is 0.185. The summed E-state index contributed by atoms with van der Waals surface area (Å²) in [6.07, 6.45) is 3.09. The summed E-state index contributed by atoms with van der Waals surface area (Å²) in [7, 11) is 1.54. The predicted molar refractivity (Wildman–Crippen MR) is 135 cm³/mol. The van der Waals surface area contributed by atoms with Crippen molar-refractivity contribution in [3.63, 3.8) is 0 Å². The first-order valence-electron chi connectivity index (χ1n) is 10.7. The Morgan fingerprint density at radius 3 is 2.47 bits per heavy atom. The average Bonchev–Trinajstić information content (AvgIpc) is 2.82. The lowest BCUT2D eigenvalue weighted by molar-refractivity contribution is -0.141. The van der Waals surface area contributed by atoms with Crippen molar-refractivity contribution >= 4 is 33.9 Å². The van der Waals surface area contributed by atoms with E-state index in [4.69, 9.17) is 9.47 Å². The van der Waals surface area contributed by atoms with Crippen LogP contribution < -0.4 is 14.8 Å². The molecule has 0 aliphatic heterocycles. The summed E-state index contributed by atoms with van der Waals surface area (Å²) in [5, 5.41) is 12.0. The summed E-state index contributed by atoms with van der Waals surface area (Å²) >= 11 is 3.51. The van der Waals surface area contributed by atoms with Crippen molar-refractivity contribution < 1.29 is 24.2 Å². The molecule has 6 nitrogen and oxygen atoms in total. The van der Waals surface area contributed by atoms with E-state index in [0.717, 1.165) is 16.7 Å². The number of methoxy groups -OCH3 is 1. The molecule has 3 rings (SSSR count). The number of ether oxygens (including phenoxy) is 2. The molecule has 7 heteroatoms. The van der Waals surface area contributed by atoms with E-state index in [0.29, 0.717) is 28.1 Å². The van der Waals surface area contributed by atoms with Gasteiger partial charge in [-0.25, -0.2) is 4.79 Å². The number of carboxylic acids is 1. The van der Waals surface area contributed by atoms with Gasteiger partial charge >= 0.3 is 5.97 Å². The largest absolute Gasteiger partial charge is 0.493 e. The molecule has 2 N–H and O–H groups in total. The number of hydrogen-bond acceptors (Lipinski definition) is 4. The zero-order valence-electron chi connectivity index (χ0n) is 19.0. The fourth-order valence-electron chi connectivity index (χ4n) is 3.38. The summed E-state index contributed by atoms with van der Waals surface area (Å²) in [6.45, 7) is 2.41. The molecule has 0 spiro atoms. The average molecular weight is 524 g/mol. The quantitative estimate of drug-likeness (QED) is 0.358. The molecule has 0 radical (unpaired) electrons. The van der Waals surface area contributed by atoms with Gasteiger partial charge in [-0.3, -0.25) is 4.79 Å². The minimum Gasteiger partial charge on any atom is -0.493 e. The molecule has 0 bridgehead atoms. The number of halogens is 1. The van der Waals surface area contributed by atoms with Gasteiger partial charge in [0.05, 0.1) is 11.6 Å². The second-order valence-electron chi connectivity index (χ2n) is 7.73. The zero-order valence-corrected chi connectivity index (χ0v) is 20.5. The third-order valence-electron chi connectivity index (χ3n) is 5.04. The van der Waals surface area contributed by atoms with Crippen molar-refractivity contribution in [2.45, 2.75) is 26.0 Å². The van der Waals surface area contributed by atoms with E-state index in [-0.39, 0.29) is 6.42 Å². The number of benzene rings is 3. The lowest BCUT2D eigenvalue weighted by Gasteiger charge is -2.14. The summed E-state index contributed by atoms with van der Waals surface area (Å²) in [6, 6.07) is 19.7. The highest BCUT2D eigenvalue weighted by molar-refractivity contribution is 9.10. The van der Waals surface area contributed by atoms with Crippen molar-refractivity contribution in [3.8, 4) is 11.5 Å². The summed E-state index contributed by atoms with van der Waals surface area (Å²) in [5.74, 6) is -0.530. The van der Waals surface area contributed by atoms with Gasteiger partial charge < -0.3 is 19.9 Å². The molecule has 0 saturated carbocycles. The van der Waals surface area contributed by atoms with Crippen molar-refractivity contribution in [3.05, 3.63) is 99.5 Å². The van der Waals surface area contributed by atoms with E-state index >= 15 is 0 Å². The van der Waals surface area contributed by atoms with E-state index in [1.54, 1.807) is 25.3 Å². The van der Waals surface area contributed by atoms with Crippen molar-refractivity contribution in [1.29, 1.82) is 0 Å². The van der Waals surface area contributed by atoms with Gasteiger partial charge in [0.2, 0.25) is 5.91 Å². The normalized spacial score (nSPS) is 11.7. The van der Waals surface area contributed by atoms with Gasteiger partial charge in [-0.05, 0) is 57.8 Å². The smallest absolute Gasteiger partial charge is 0.326 e. The Bertz CT molecular complexity index is 1180. The second kappa shape index (κ2) is 12.0. The predicted octanol–water partition coefficient (Wildman–Crippen LogP) is 5.17. The maximum absolute atomic E-state index is 12.4. The van der Waals surface area contributed by atoms with Crippen LogP contribution in [0.3, 0.4) is 0 Å². The second-order valence-corrected chi connectivity index (χ2v) is 8.59. The Morgan fingerprint density at radius 1 is 1.06 bits per heavy atom. The number of aryl methyl sites for hydroxylation is 1. The van der Waals surface area contributed by atoms with Gasteiger partial charge in [0.15, 0.2) is 11.5 Å². The SMILES string of the molecule is COc1cc(/C=C/C(=O)N[C@H](Cc2ccccc2)C(=O)O)cc(Br)c1OCc1cccc(C)c1. The van der Waals surface area contributed by atoms with Crippen LogP contribution in [0.5, 0.6) is 11.5 Å². The molecule has 3 aromatic carbocycles. The van der Waals surface area contributed by atoms with Gasteiger partial charge in [0.25, 0.3) is 0 Å². The molecule has 3 aromatic rings. The topological polar surface area (TPSA) is 84.9 Å². The molecular formula is C27H26BrNO5. The van der Waals surface area contributed by atoms with E-state index in [2.05, 4.69) is 27.3 Å². The number of carbonyl (C=O) groups is 2. The fourth-order valence-corrected chi connectivity index (χ4v) is 3.95. The Hall–Kier alpha value is -3.58. The molecule has 0 unspecified atom stereocenters. The van der Waals surface area contributed by atoms with Gasteiger partial charge in [-0.15, -0.1) is 0 Å².